The second-order valence-corrected chi connectivity index (χ2v) is 7.35. The van der Waals surface area contributed by atoms with Crippen LogP contribution in [-0.2, 0) is 10.0 Å². The van der Waals surface area contributed by atoms with Crippen molar-refractivity contribution in [1.29, 1.82) is 0 Å². The Morgan fingerprint density at radius 3 is 2.64 bits per heavy atom. The first-order chi connectivity index (χ1) is 10.3. The molecule has 2 rings (SSSR count). The molecule has 3 N–H and O–H groups in total. The van der Waals surface area contributed by atoms with Gasteiger partial charge < -0.3 is 10.6 Å². The fourth-order valence-electron chi connectivity index (χ4n) is 1.87. The van der Waals surface area contributed by atoms with Crippen LogP contribution in [-0.4, -0.2) is 19.8 Å². The van der Waals surface area contributed by atoms with Gasteiger partial charge in [-0.15, -0.1) is 0 Å². The van der Waals surface area contributed by atoms with Gasteiger partial charge in [0, 0.05) is 11.4 Å². The van der Waals surface area contributed by atoms with Crippen LogP contribution < -0.4 is 15.4 Å². The van der Waals surface area contributed by atoms with Crippen LogP contribution in [0.1, 0.15) is 12.8 Å². The predicted octanol–water partition coefficient (Wildman–Crippen LogP) is 3.23. The molecule has 0 aromatic heterocycles. The molecule has 1 aliphatic carbocycles. The monoisotopic (exact) mass is 357 g/mol. The summed E-state index contributed by atoms with van der Waals surface area (Å²) in [6.07, 6.45) is 9.21. The van der Waals surface area contributed by atoms with Gasteiger partial charge in [0.2, 0.25) is 10.0 Å². The highest BCUT2D eigenvalue weighted by Crippen LogP contribution is 2.26. The van der Waals surface area contributed by atoms with Gasteiger partial charge in [-0.05, 0) is 49.3 Å². The maximum atomic E-state index is 11.2. The van der Waals surface area contributed by atoms with Crippen LogP contribution in [0.5, 0.6) is 0 Å². The maximum Gasteiger partial charge on any atom is 0.229 e. The molecule has 0 saturated carbocycles. The molecule has 0 heterocycles. The molecule has 8 heteroatoms. The van der Waals surface area contributed by atoms with Crippen molar-refractivity contribution in [2.75, 3.05) is 16.3 Å². The van der Waals surface area contributed by atoms with Crippen molar-refractivity contribution in [3.8, 4) is 0 Å². The Morgan fingerprint density at radius 2 is 2.05 bits per heavy atom. The van der Waals surface area contributed by atoms with Crippen LogP contribution in [0.3, 0.4) is 0 Å². The highest BCUT2D eigenvalue weighted by molar-refractivity contribution is 7.92. The summed E-state index contributed by atoms with van der Waals surface area (Å²) in [5.41, 5.74) is 1.94. The summed E-state index contributed by atoms with van der Waals surface area (Å²) in [5, 5.41) is 6.81. The number of rotatable bonds is 4. The van der Waals surface area contributed by atoms with Gasteiger partial charge in [0.25, 0.3) is 0 Å². The fraction of sp³-hybridized carbons (Fsp3) is 0.214. The Balaban J connectivity index is 2.01. The molecule has 1 aromatic rings. The molecule has 22 heavy (non-hydrogen) atoms. The molecule has 1 aliphatic rings. The van der Waals surface area contributed by atoms with E-state index in [1.54, 1.807) is 18.2 Å². The van der Waals surface area contributed by atoms with E-state index in [2.05, 4.69) is 27.5 Å². The minimum absolute atomic E-state index is 0.287. The quantitative estimate of drug-likeness (QED) is 0.722. The molecule has 0 aliphatic heterocycles. The summed E-state index contributed by atoms with van der Waals surface area (Å²) >= 11 is 11.3. The third kappa shape index (κ3) is 5.32. The van der Waals surface area contributed by atoms with Crippen molar-refractivity contribution < 1.29 is 8.42 Å². The lowest BCUT2D eigenvalue weighted by Crippen LogP contribution is -2.27. The molecule has 5 nitrogen and oxygen atoms in total. The third-order valence-corrected chi connectivity index (χ3v) is 3.88. The van der Waals surface area contributed by atoms with Crippen LogP contribution >= 0.6 is 23.8 Å². The van der Waals surface area contributed by atoms with Crippen LogP contribution in [0.25, 0.3) is 0 Å². The van der Waals surface area contributed by atoms with Crippen molar-refractivity contribution in [3.05, 3.63) is 47.1 Å². The Labute approximate surface area is 140 Å². The topological polar surface area (TPSA) is 70.2 Å². The largest absolute Gasteiger partial charge is 0.333 e. The molecule has 0 radical (unpaired) electrons. The SMILES string of the molecule is CS(=O)(=O)Nc1ccc(NC(=S)NC2=CCCC=C2)cc1Cl. The maximum absolute atomic E-state index is 11.2. The van der Waals surface area contributed by atoms with E-state index < -0.39 is 10.0 Å². The van der Waals surface area contributed by atoms with E-state index in [-0.39, 0.29) is 5.02 Å². The number of hydrogen-bond donors (Lipinski definition) is 3. The van der Waals surface area contributed by atoms with E-state index in [1.807, 2.05) is 6.08 Å². The number of nitrogens with one attached hydrogen (secondary N) is 3. The summed E-state index contributed by atoms with van der Waals surface area (Å²) in [7, 11) is -3.36. The molecule has 1 aromatic carbocycles. The first-order valence-electron chi connectivity index (χ1n) is 6.55. The van der Waals surface area contributed by atoms with Crippen molar-refractivity contribution in [2.24, 2.45) is 0 Å². The zero-order valence-electron chi connectivity index (χ0n) is 11.9. The molecule has 0 amide bonds. The second kappa shape index (κ2) is 7.13. The molecular formula is C14H16ClN3O2S2. The molecule has 0 spiro atoms. The van der Waals surface area contributed by atoms with Gasteiger partial charge in [0.05, 0.1) is 17.0 Å². The Morgan fingerprint density at radius 1 is 1.27 bits per heavy atom. The number of hydrogen-bond acceptors (Lipinski definition) is 3. The Bertz CT molecular complexity index is 742. The highest BCUT2D eigenvalue weighted by Gasteiger charge is 2.08. The van der Waals surface area contributed by atoms with Crippen LogP contribution in [0, 0.1) is 0 Å². The fourth-order valence-corrected chi connectivity index (χ4v) is 2.97. The van der Waals surface area contributed by atoms with Crippen LogP contribution in [0.4, 0.5) is 11.4 Å². The molecule has 118 valence electrons. The van der Waals surface area contributed by atoms with Gasteiger partial charge in [-0.25, -0.2) is 8.42 Å². The summed E-state index contributed by atoms with van der Waals surface area (Å²) < 4.78 is 24.8. The van der Waals surface area contributed by atoms with E-state index in [1.165, 1.54) is 0 Å². The van der Waals surface area contributed by atoms with E-state index in [4.69, 9.17) is 23.8 Å². The number of allylic oxidation sites excluding steroid dienone is 3. The molecule has 0 unspecified atom stereocenters. The lowest BCUT2D eigenvalue weighted by Gasteiger charge is -2.14. The van der Waals surface area contributed by atoms with Crippen LogP contribution in [0.2, 0.25) is 5.02 Å². The second-order valence-electron chi connectivity index (χ2n) is 4.79. The minimum Gasteiger partial charge on any atom is -0.333 e. The molecule has 0 fully saturated rings. The average molecular weight is 358 g/mol. The van der Waals surface area contributed by atoms with Crippen molar-refractivity contribution in [1.82, 2.24) is 5.32 Å². The molecule has 0 atom stereocenters. The Hall–Kier alpha value is -1.57. The summed E-state index contributed by atoms with van der Waals surface area (Å²) in [6, 6.07) is 4.88. The smallest absolute Gasteiger partial charge is 0.229 e. The van der Waals surface area contributed by atoms with Gasteiger partial charge in [-0.2, -0.15) is 0 Å². The number of anilines is 2. The van der Waals surface area contributed by atoms with Crippen molar-refractivity contribution in [3.63, 3.8) is 0 Å². The van der Waals surface area contributed by atoms with Crippen LogP contribution in [0.15, 0.2) is 42.1 Å². The summed E-state index contributed by atoms with van der Waals surface area (Å²) in [6.45, 7) is 0. The Kier molecular flexibility index (Phi) is 5.44. The predicted molar refractivity (Wildman–Crippen MR) is 95.7 cm³/mol. The zero-order chi connectivity index (χ0) is 16.2. The number of halogens is 1. The van der Waals surface area contributed by atoms with E-state index in [0.29, 0.717) is 16.5 Å². The number of benzene rings is 1. The first kappa shape index (κ1) is 16.8. The third-order valence-electron chi connectivity index (χ3n) is 2.78. The summed E-state index contributed by atoms with van der Waals surface area (Å²) in [5.74, 6) is 0. The normalized spacial score (nSPS) is 14.2. The standard InChI is InChI=1S/C14H16ClN3O2S2/c1-22(19,20)18-13-8-7-11(9-12(13)15)17-14(21)16-10-5-3-2-4-6-10/h3,5-9,18H,2,4H2,1H3,(H2,16,17,21). The van der Waals surface area contributed by atoms with Gasteiger partial charge in [-0.3, -0.25) is 4.72 Å². The lowest BCUT2D eigenvalue weighted by atomic mass is 10.1. The highest BCUT2D eigenvalue weighted by atomic mass is 35.5. The van der Waals surface area contributed by atoms with Gasteiger partial charge >= 0.3 is 0 Å². The zero-order valence-corrected chi connectivity index (χ0v) is 14.3. The average Bonchev–Trinajstić information content (AvgIpc) is 2.41. The van der Waals surface area contributed by atoms with Crippen molar-refractivity contribution in [2.45, 2.75) is 12.8 Å². The lowest BCUT2D eigenvalue weighted by molar-refractivity contribution is 0.607. The van der Waals surface area contributed by atoms with Gasteiger partial charge in [-0.1, -0.05) is 23.8 Å². The summed E-state index contributed by atoms with van der Waals surface area (Å²) in [4.78, 5) is 0. The first-order valence-corrected chi connectivity index (χ1v) is 9.23. The molecule has 0 bridgehead atoms. The van der Waals surface area contributed by atoms with E-state index in [0.717, 1.165) is 24.8 Å². The van der Waals surface area contributed by atoms with Crippen molar-refractivity contribution >= 4 is 50.3 Å². The molecule has 0 saturated heterocycles. The van der Waals surface area contributed by atoms with E-state index in [9.17, 15) is 8.42 Å². The van der Waals surface area contributed by atoms with Gasteiger partial charge in [0.15, 0.2) is 5.11 Å². The minimum atomic E-state index is -3.36. The number of sulfonamides is 1. The van der Waals surface area contributed by atoms with E-state index >= 15 is 0 Å². The molecular weight excluding hydrogens is 342 g/mol. The van der Waals surface area contributed by atoms with Gasteiger partial charge in [0.1, 0.15) is 0 Å². The number of thiocarbonyl (C=S) groups is 1.